The number of methoxy groups -OCH3 is 1. The summed E-state index contributed by atoms with van der Waals surface area (Å²) in [5.74, 6) is 0.935. The van der Waals surface area contributed by atoms with Gasteiger partial charge in [0.15, 0.2) is 0 Å². The molecular weight excluding hydrogens is 270 g/mol. The van der Waals surface area contributed by atoms with Crippen molar-refractivity contribution in [2.75, 3.05) is 13.7 Å². The van der Waals surface area contributed by atoms with Gasteiger partial charge in [-0.05, 0) is 42.3 Å². The molecule has 3 heteroatoms. The quantitative estimate of drug-likeness (QED) is 0.859. The zero-order valence-corrected chi connectivity index (χ0v) is 12.7. The van der Waals surface area contributed by atoms with Crippen molar-refractivity contribution >= 4 is 11.6 Å². The minimum Gasteiger partial charge on any atom is -0.496 e. The molecule has 1 N–H and O–H groups in total. The van der Waals surface area contributed by atoms with Gasteiger partial charge in [0.2, 0.25) is 0 Å². The summed E-state index contributed by atoms with van der Waals surface area (Å²) in [6.07, 6.45) is 0.888. The first-order chi connectivity index (χ1) is 9.74. The van der Waals surface area contributed by atoms with Crippen molar-refractivity contribution in [2.45, 2.75) is 19.4 Å². The third-order valence-electron chi connectivity index (χ3n) is 3.34. The summed E-state index contributed by atoms with van der Waals surface area (Å²) >= 11 is 5.96. The van der Waals surface area contributed by atoms with Gasteiger partial charge in [-0.2, -0.15) is 0 Å². The van der Waals surface area contributed by atoms with E-state index in [9.17, 15) is 0 Å². The molecule has 0 spiro atoms. The summed E-state index contributed by atoms with van der Waals surface area (Å²) in [5.41, 5.74) is 2.44. The van der Waals surface area contributed by atoms with Crippen LogP contribution < -0.4 is 10.1 Å². The summed E-state index contributed by atoms with van der Waals surface area (Å²) in [7, 11) is 1.71. The van der Waals surface area contributed by atoms with Crippen molar-refractivity contribution in [2.24, 2.45) is 0 Å². The van der Waals surface area contributed by atoms with Gasteiger partial charge in [-0.15, -0.1) is 0 Å². The molecule has 0 aliphatic rings. The molecule has 2 nitrogen and oxygen atoms in total. The van der Waals surface area contributed by atoms with Crippen LogP contribution in [0.5, 0.6) is 5.75 Å². The highest BCUT2D eigenvalue weighted by Gasteiger charge is 2.13. The van der Waals surface area contributed by atoms with Crippen LogP contribution in [0.15, 0.2) is 48.5 Å². The molecule has 1 atom stereocenters. The van der Waals surface area contributed by atoms with Gasteiger partial charge in [-0.3, -0.25) is 0 Å². The smallest absolute Gasteiger partial charge is 0.122 e. The van der Waals surface area contributed by atoms with Gasteiger partial charge in [0.05, 0.1) is 7.11 Å². The van der Waals surface area contributed by atoms with Gasteiger partial charge in [0.1, 0.15) is 5.75 Å². The van der Waals surface area contributed by atoms with E-state index >= 15 is 0 Å². The number of hydrogen-bond acceptors (Lipinski definition) is 2. The first kappa shape index (κ1) is 14.9. The monoisotopic (exact) mass is 289 g/mol. The van der Waals surface area contributed by atoms with E-state index in [1.165, 1.54) is 11.1 Å². The number of nitrogens with one attached hydrogen (secondary N) is 1. The summed E-state index contributed by atoms with van der Waals surface area (Å²) in [6, 6.07) is 16.4. The van der Waals surface area contributed by atoms with Gasteiger partial charge < -0.3 is 10.1 Å². The Morgan fingerprint density at radius 1 is 1.10 bits per heavy atom. The number of halogens is 1. The van der Waals surface area contributed by atoms with Gasteiger partial charge in [0, 0.05) is 11.1 Å². The molecule has 0 bridgehead atoms. The molecule has 0 heterocycles. The lowest BCUT2D eigenvalue weighted by atomic mass is 9.98. The predicted molar refractivity (Wildman–Crippen MR) is 84.6 cm³/mol. The minimum atomic E-state index is 0.258. The Morgan fingerprint density at radius 2 is 1.80 bits per heavy atom. The van der Waals surface area contributed by atoms with E-state index in [0.717, 1.165) is 23.7 Å². The molecule has 2 aromatic rings. The Labute approximate surface area is 125 Å². The van der Waals surface area contributed by atoms with E-state index in [0.29, 0.717) is 0 Å². The second kappa shape index (κ2) is 7.32. The largest absolute Gasteiger partial charge is 0.496 e. The van der Waals surface area contributed by atoms with Crippen LogP contribution in [-0.2, 0) is 6.42 Å². The molecular formula is C17H20ClNO. The molecule has 0 saturated carbocycles. The van der Waals surface area contributed by atoms with Gasteiger partial charge in [-0.25, -0.2) is 0 Å². The number of hydrogen-bond donors (Lipinski definition) is 1. The second-order valence-corrected chi connectivity index (χ2v) is 5.11. The van der Waals surface area contributed by atoms with E-state index in [2.05, 4.69) is 30.4 Å². The lowest BCUT2D eigenvalue weighted by Crippen LogP contribution is -2.23. The molecule has 2 aromatic carbocycles. The number of benzene rings is 2. The minimum absolute atomic E-state index is 0.258. The normalized spacial score (nSPS) is 12.2. The van der Waals surface area contributed by atoms with Crippen LogP contribution >= 0.6 is 11.6 Å². The van der Waals surface area contributed by atoms with Crippen molar-refractivity contribution in [3.8, 4) is 5.75 Å². The zero-order valence-electron chi connectivity index (χ0n) is 11.9. The van der Waals surface area contributed by atoms with Crippen LogP contribution in [0.4, 0.5) is 0 Å². The highest BCUT2D eigenvalue weighted by Crippen LogP contribution is 2.25. The van der Waals surface area contributed by atoms with Gasteiger partial charge >= 0.3 is 0 Å². The van der Waals surface area contributed by atoms with Crippen molar-refractivity contribution in [3.63, 3.8) is 0 Å². The van der Waals surface area contributed by atoms with Crippen LogP contribution in [-0.4, -0.2) is 13.7 Å². The molecule has 1 unspecified atom stereocenters. The lowest BCUT2D eigenvalue weighted by Gasteiger charge is -2.20. The van der Waals surface area contributed by atoms with Crippen molar-refractivity contribution in [1.29, 1.82) is 0 Å². The van der Waals surface area contributed by atoms with Crippen LogP contribution in [0, 0.1) is 0 Å². The van der Waals surface area contributed by atoms with Crippen LogP contribution in [0.25, 0.3) is 0 Å². The van der Waals surface area contributed by atoms with Crippen molar-refractivity contribution in [1.82, 2.24) is 5.32 Å². The fraction of sp³-hybridized carbons (Fsp3) is 0.294. The Bertz CT molecular complexity index is 539. The number of ether oxygens (including phenoxy) is 1. The third kappa shape index (κ3) is 3.75. The Kier molecular flexibility index (Phi) is 5.45. The SMILES string of the molecule is CCNC(Cc1ccccc1OC)c1ccc(Cl)cc1. The molecule has 0 fully saturated rings. The standard InChI is InChI=1S/C17H20ClNO/c1-3-19-16(13-8-10-15(18)11-9-13)12-14-6-4-5-7-17(14)20-2/h4-11,16,19H,3,12H2,1-2H3. The number of para-hydroxylation sites is 1. The van der Waals surface area contributed by atoms with E-state index < -0.39 is 0 Å². The van der Waals surface area contributed by atoms with Crippen LogP contribution in [0.2, 0.25) is 5.02 Å². The average molecular weight is 290 g/mol. The Morgan fingerprint density at radius 3 is 2.45 bits per heavy atom. The summed E-state index contributed by atoms with van der Waals surface area (Å²) in [4.78, 5) is 0. The highest BCUT2D eigenvalue weighted by atomic mass is 35.5. The molecule has 0 aliphatic carbocycles. The molecule has 20 heavy (non-hydrogen) atoms. The van der Waals surface area contributed by atoms with E-state index in [-0.39, 0.29) is 6.04 Å². The van der Waals surface area contributed by atoms with E-state index in [1.807, 2.05) is 30.3 Å². The first-order valence-electron chi connectivity index (χ1n) is 6.85. The fourth-order valence-corrected chi connectivity index (χ4v) is 2.47. The highest BCUT2D eigenvalue weighted by molar-refractivity contribution is 6.30. The predicted octanol–water partition coefficient (Wildman–Crippen LogP) is 4.24. The first-order valence-corrected chi connectivity index (χ1v) is 7.23. The van der Waals surface area contributed by atoms with E-state index in [1.54, 1.807) is 7.11 Å². The van der Waals surface area contributed by atoms with Crippen molar-refractivity contribution in [3.05, 3.63) is 64.7 Å². The second-order valence-electron chi connectivity index (χ2n) is 4.68. The summed E-state index contributed by atoms with van der Waals surface area (Å²) < 4.78 is 5.43. The topological polar surface area (TPSA) is 21.3 Å². The number of rotatable bonds is 6. The van der Waals surface area contributed by atoms with Crippen LogP contribution in [0.1, 0.15) is 24.1 Å². The third-order valence-corrected chi connectivity index (χ3v) is 3.59. The average Bonchev–Trinajstić information content (AvgIpc) is 2.48. The Hall–Kier alpha value is -1.51. The number of likely N-dealkylation sites (N-methyl/N-ethyl adjacent to an activating group) is 1. The molecule has 2 rings (SSSR count). The van der Waals surface area contributed by atoms with Crippen molar-refractivity contribution < 1.29 is 4.74 Å². The van der Waals surface area contributed by atoms with Gasteiger partial charge in [0.25, 0.3) is 0 Å². The zero-order chi connectivity index (χ0) is 14.4. The molecule has 0 aliphatic heterocycles. The molecule has 106 valence electrons. The maximum absolute atomic E-state index is 5.96. The Balaban J connectivity index is 2.23. The summed E-state index contributed by atoms with van der Waals surface area (Å²) in [6.45, 7) is 3.04. The summed E-state index contributed by atoms with van der Waals surface area (Å²) in [5, 5.41) is 4.28. The fourth-order valence-electron chi connectivity index (χ4n) is 2.34. The maximum atomic E-state index is 5.96. The van der Waals surface area contributed by atoms with E-state index in [4.69, 9.17) is 16.3 Å². The van der Waals surface area contributed by atoms with Crippen LogP contribution in [0.3, 0.4) is 0 Å². The molecule has 0 aromatic heterocycles. The molecule has 0 radical (unpaired) electrons. The molecule has 0 saturated heterocycles. The lowest BCUT2D eigenvalue weighted by molar-refractivity contribution is 0.405. The maximum Gasteiger partial charge on any atom is 0.122 e. The van der Waals surface area contributed by atoms with Gasteiger partial charge in [-0.1, -0.05) is 48.9 Å². The molecule has 0 amide bonds.